The molecule has 86 valence electrons. The van der Waals surface area contributed by atoms with Gasteiger partial charge in [0.2, 0.25) is 5.91 Å². The predicted molar refractivity (Wildman–Crippen MR) is 57.1 cm³/mol. The van der Waals surface area contributed by atoms with Crippen LogP contribution in [0.5, 0.6) is 5.75 Å². The number of anilines is 1. The van der Waals surface area contributed by atoms with Crippen molar-refractivity contribution in [2.45, 2.75) is 0 Å². The summed E-state index contributed by atoms with van der Waals surface area (Å²) in [5.41, 5.74) is 5.47. The summed E-state index contributed by atoms with van der Waals surface area (Å²) in [6.07, 6.45) is 0. The van der Waals surface area contributed by atoms with Gasteiger partial charge in [0.1, 0.15) is 11.3 Å². The highest BCUT2D eigenvalue weighted by molar-refractivity contribution is 5.96. The van der Waals surface area contributed by atoms with Crippen LogP contribution in [-0.4, -0.2) is 30.6 Å². The molecule has 0 spiro atoms. The molecule has 0 aliphatic rings. The molecule has 0 atom stereocenters. The van der Waals surface area contributed by atoms with Crippen molar-refractivity contribution < 1.29 is 19.4 Å². The number of ether oxygens (including phenoxy) is 1. The Morgan fingerprint density at radius 2 is 2.19 bits per heavy atom. The van der Waals surface area contributed by atoms with E-state index >= 15 is 0 Å². The van der Waals surface area contributed by atoms with E-state index in [2.05, 4.69) is 10.1 Å². The Balaban J connectivity index is 2.98. The fourth-order valence-corrected chi connectivity index (χ4v) is 1.10. The molecule has 1 aromatic rings. The van der Waals surface area contributed by atoms with Crippen LogP contribution in [0.3, 0.4) is 0 Å². The van der Waals surface area contributed by atoms with E-state index in [1.807, 2.05) is 0 Å². The molecule has 0 bridgehead atoms. The van der Waals surface area contributed by atoms with Crippen molar-refractivity contribution in [2.75, 3.05) is 19.0 Å². The van der Waals surface area contributed by atoms with Gasteiger partial charge in [-0.25, -0.2) is 4.79 Å². The average Bonchev–Trinajstić information content (AvgIpc) is 2.30. The molecule has 4 N–H and O–H groups in total. The summed E-state index contributed by atoms with van der Waals surface area (Å²) in [5, 5.41) is 11.8. The number of rotatable bonds is 3. The lowest BCUT2D eigenvalue weighted by molar-refractivity contribution is -0.114. The Hall–Kier alpha value is -2.08. The third kappa shape index (κ3) is 2.71. The summed E-state index contributed by atoms with van der Waals surface area (Å²) in [6.45, 7) is -0.158. The number of methoxy groups -OCH3 is 1. The number of amides is 1. The molecule has 0 unspecified atom stereocenters. The van der Waals surface area contributed by atoms with Crippen molar-refractivity contribution in [3.8, 4) is 5.75 Å². The number of carbonyl (C=O) groups is 2. The molecule has 1 amide bonds. The van der Waals surface area contributed by atoms with E-state index in [0.717, 1.165) is 0 Å². The third-order valence-corrected chi connectivity index (χ3v) is 1.87. The van der Waals surface area contributed by atoms with Crippen molar-refractivity contribution in [1.29, 1.82) is 0 Å². The van der Waals surface area contributed by atoms with E-state index in [-0.39, 0.29) is 23.8 Å². The highest BCUT2D eigenvalue weighted by atomic mass is 16.5. The first-order chi connectivity index (χ1) is 7.58. The van der Waals surface area contributed by atoms with Crippen LogP contribution in [0, 0.1) is 0 Å². The predicted octanol–water partition coefficient (Wildman–Crippen LogP) is 0.0760. The summed E-state index contributed by atoms with van der Waals surface area (Å²) in [7, 11) is 1.20. The minimum absolute atomic E-state index is 0.0164. The number of benzene rings is 1. The number of phenolic OH excluding ortho intramolecular Hbond substituents is 1. The molecule has 0 aliphatic heterocycles. The summed E-state index contributed by atoms with van der Waals surface area (Å²) >= 11 is 0. The van der Waals surface area contributed by atoms with Crippen molar-refractivity contribution >= 4 is 17.6 Å². The van der Waals surface area contributed by atoms with Gasteiger partial charge in [-0.15, -0.1) is 0 Å². The van der Waals surface area contributed by atoms with E-state index in [1.165, 1.54) is 25.3 Å². The van der Waals surface area contributed by atoms with Crippen LogP contribution in [0.4, 0.5) is 5.69 Å². The molecule has 6 nitrogen and oxygen atoms in total. The number of esters is 1. The second kappa shape index (κ2) is 5.13. The van der Waals surface area contributed by atoms with Crippen molar-refractivity contribution in [3.05, 3.63) is 23.8 Å². The Kier molecular flexibility index (Phi) is 3.84. The first-order valence-electron chi connectivity index (χ1n) is 4.49. The highest BCUT2D eigenvalue weighted by Crippen LogP contribution is 2.22. The first kappa shape index (κ1) is 12.0. The Morgan fingerprint density at radius 3 is 2.75 bits per heavy atom. The van der Waals surface area contributed by atoms with E-state index in [9.17, 15) is 14.7 Å². The van der Waals surface area contributed by atoms with Gasteiger partial charge in [0.05, 0.1) is 13.7 Å². The van der Waals surface area contributed by atoms with Crippen LogP contribution in [-0.2, 0) is 9.53 Å². The SMILES string of the molecule is COC(=O)c1cc(NC(=O)CN)ccc1O. The van der Waals surface area contributed by atoms with Crippen LogP contribution in [0.25, 0.3) is 0 Å². The fourth-order valence-electron chi connectivity index (χ4n) is 1.10. The van der Waals surface area contributed by atoms with Crippen LogP contribution in [0.1, 0.15) is 10.4 Å². The Bertz CT molecular complexity index is 417. The quantitative estimate of drug-likeness (QED) is 0.498. The average molecular weight is 224 g/mol. The van der Waals surface area contributed by atoms with Crippen LogP contribution in [0.15, 0.2) is 18.2 Å². The summed E-state index contributed by atoms with van der Waals surface area (Å²) in [5.74, 6) is -1.28. The molecule has 0 aliphatic carbocycles. The monoisotopic (exact) mass is 224 g/mol. The maximum absolute atomic E-state index is 11.2. The second-order valence-electron chi connectivity index (χ2n) is 2.98. The number of nitrogens with one attached hydrogen (secondary N) is 1. The van der Waals surface area contributed by atoms with Crippen molar-refractivity contribution in [3.63, 3.8) is 0 Å². The van der Waals surface area contributed by atoms with Crippen molar-refractivity contribution in [1.82, 2.24) is 0 Å². The van der Waals surface area contributed by atoms with Crippen LogP contribution < -0.4 is 11.1 Å². The minimum Gasteiger partial charge on any atom is -0.507 e. The zero-order chi connectivity index (χ0) is 12.1. The van der Waals surface area contributed by atoms with E-state index in [4.69, 9.17) is 5.73 Å². The van der Waals surface area contributed by atoms with Crippen molar-refractivity contribution in [2.24, 2.45) is 5.73 Å². The molecule has 0 fully saturated rings. The number of hydrogen-bond acceptors (Lipinski definition) is 5. The molecule has 0 heterocycles. The zero-order valence-corrected chi connectivity index (χ0v) is 8.69. The molecular weight excluding hydrogens is 212 g/mol. The van der Waals surface area contributed by atoms with Gasteiger partial charge in [-0.05, 0) is 18.2 Å². The fraction of sp³-hybridized carbons (Fsp3) is 0.200. The van der Waals surface area contributed by atoms with Gasteiger partial charge >= 0.3 is 5.97 Å². The Labute approximate surface area is 92.0 Å². The number of carbonyl (C=O) groups excluding carboxylic acids is 2. The zero-order valence-electron chi connectivity index (χ0n) is 8.69. The maximum atomic E-state index is 11.2. The van der Waals surface area contributed by atoms with E-state index < -0.39 is 5.97 Å². The maximum Gasteiger partial charge on any atom is 0.341 e. The van der Waals surface area contributed by atoms with Gasteiger partial charge in [0.25, 0.3) is 0 Å². The number of phenols is 1. The van der Waals surface area contributed by atoms with Crippen LogP contribution in [0.2, 0.25) is 0 Å². The van der Waals surface area contributed by atoms with Gasteiger partial charge in [0.15, 0.2) is 0 Å². The number of aromatic hydroxyl groups is 1. The number of hydrogen-bond donors (Lipinski definition) is 3. The molecule has 1 rings (SSSR count). The standard InChI is InChI=1S/C10H12N2O4/c1-16-10(15)7-4-6(2-3-8(7)13)12-9(14)5-11/h2-4,13H,5,11H2,1H3,(H,12,14). The summed E-state index contributed by atoms with van der Waals surface area (Å²) in [6, 6.07) is 4.06. The molecule has 0 saturated carbocycles. The molecule has 6 heteroatoms. The van der Waals surface area contributed by atoms with Crippen LogP contribution >= 0.6 is 0 Å². The normalized spacial score (nSPS) is 9.62. The smallest absolute Gasteiger partial charge is 0.341 e. The van der Waals surface area contributed by atoms with E-state index in [1.54, 1.807) is 0 Å². The van der Waals surface area contributed by atoms with Gasteiger partial charge < -0.3 is 20.9 Å². The minimum atomic E-state index is -0.679. The molecule has 1 aromatic carbocycles. The molecule has 0 aromatic heterocycles. The molecule has 0 radical (unpaired) electrons. The summed E-state index contributed by atoms with van der Waals surface area (Å²) in [4.78, 5) is 22.2. The lowest BCUT2D eigenvalue weighted by Crippen LogP contribution is -2.21. The summed E-state index contributed by atoms with van der Waals surface area (Å²) < 4.78 is 4.47. The lowest BCUT2D eigenvalue weighted by atomic mass is 10.2. The van der Waals surface area contributed by atoms with E-state index in [0.29, 0.717) is 5.69 Å². The Morgan fingerprint density at radius 1 is 1.50 bits per heavy atom. The van der Waals surface area contributed by atoms with Gasteiger partial charge in [0, 0.05) is 5.69 Å². The first-order valence-corrected chi connectivity index (χ1v) is 4.49. The second-order valence-corrected chi connectivity index (χ2v) is 2.98. The molecular formula is C10H12N2O4. The molecule has 16 heavy (non-hydrogen) atoms. The lowest BCUT2D eigenvalue weighted by Gasteiger charge is -2.07. The topological polar surface area (TPSA) is 102 Å². The largest absolute Gasteiger partial charge is 0.507 e. The highest BCUT2D eigenvalue weighted by Gasteiger charge is 2.12. The number of nitrogens with two attached hydrogens (primary N) is 1. The van der Waals surface area contributed by atoms with Gasteiger partial charge in [-0.3, -0.25) is 4.79 Å². The van der Waals surface area contributed by atoms with Gasteiger partial charge in [-0.2, -0.15) is 0 Å². The molecule has 0 saturated heterocycles. The van der Waals surface area contributed by atoms with Gasteiger partial charge in [-0.1, -0.05) is 0 Å². The third-order valence-electron chi connectivity index (χ3n) is 1.87.